The van der Waals surface area contributed by atoms with Gasteiger partial charge < -0.3 is 4.98 Å². The highest BCUT2D eigenvalue weighted by Gasteiger charge is 2.27. The lowest BCUT2D eigenvalue weighted by Gasteiger charge is -2.22. The zero-order chi connectivity index (χ0) is 12.5. The fourth-order valence-corrected chi connectivity index (χ4v) is 3.58. The maximum Gasteiger partial charge on any atom is 0.260 e. The summed E-state index contributed by atoms with van der Waals surface area (Å²) in [4.78, 5) is 7.37. The van der Waals surface area contributed by atoms with Crippen molar-refractivity contribution >= 4 is 21.4 Å². The van der Waals surface area contributed by atoms with Gasteiger partial charge in [-0.25, -0.2) is 13.4 Å². The second kappa shape index (κ2) is 4.59. The number of aromatic nitrogens is 2. The second-order valence-corrected chi connectivity index (χ2v) is 6.57. The average molecular weight is 271 g/mol. The zero-order valence-corrected chi connectivity index (χ0v) is 11.1. The van der Waals surface area contributed by atoms with Crippen LogP contribution in [0.15, 0.2) is 35.1 Å². The van der Waals surface area contributed by atoms with Crippen LogP contribution < -0.4 is 0 Å². The molecule has 92 valence electrons. The Morgan fingerprint density at radius 2 is 2.29 bits per heavy atom. The van der Waals surface area contributed by atoms with Crippen molar-refractivity contribution < 1.29 is 8.42 Å². The van der Waals surface area contributed by atoms with Crippen LogP contribution in [0.5, 0.6) is 0 Å². The summed E-state index contributed by atoms with van der Waals surface area (Å²) in [5.74, 6) is 0. The van der Waals surface area contributed by atoms with Gasteiger partial charge in [-0.2, -0.15) is 4.31 Å². The summed E-state index contributed by atoms with van der Waals surface area (Å²) in [6.07, 6.45) is 2.67. The normalized spacial score (nSPS) is 14.1. The van der Waals surface area contributed by atoms with Gasteiger partial charge >= 0.3 is 0 Å². The summed E-state index contributed by atoms with van der Waals surface area (Å²) < 4.78 is 25.7. The molecule has 0 fully saturated rings. The van der Waals surface area contributed by atoms with Gasteiger partial charge in [0.25, 0.3) is 10.0 Å². The van der Waals surface area contributed by atoms with Crippen molar-refractivity contribution in [3.63, 3.8) is 0 Å². The van der Waals surface area contributed by atoms with Gasteiger partial charge in [-0.1, -0.05) is 6.07 Å². The highest BCUT2D eigenvalue weighted by Crippen LogP contribution is 2.27. The lowest BCUT2D eigenvalue weighted by molar-refractivity contribution is 0.401. The molecule has 0 aliphatic rings. The topological polar surface area (TPSA) is 66.1 Å². The van der Waals surface area contributed by atoms with Crippen LogP contribution in [0, 0.1) is 0 Å². The smallest absolute Gasteiger partial charge is 0.260 e. The van der Waals surface area contributed by atoms with E-state index in [2.05, 4.69) is 9.97 Å². The first-order chi connectivity index (χ1) is 8.03. The van der Waals surface area contributed by atoms with Crippen molar-refractivity contribution in [2.75, 3.05) is 7.05 Å². The van der Waals surface area contributed by atoms with Gasteiger partial charge in [0.05, 0.1) is 18.6 Å². The number of nitrogens with zero attached hydrogens (tertiary/aromatic N) is 2. The number of hydrogen-bond donors (Lipinski definition) is 1. The van der Waals surface area contributed by atoms with Gasteiger partial charge in [0.1, 0.15) is 0 Å². The number of nitrogens with one attached hydrogen (secondary N) is 1. The average Bonchev–Trinajstić information content (AvgIpc) is 2.98. The molecular formula is C10H13N3O2S2. The molecule has 0 aromatic carbocycles. The summed E-state index contributed by atoms with van der Waals surface area (Å²) in [5, 5.41) is 2.05. The van der Waals surface area contributed by atoms with Gasteiger partial charge in [-0.15, -0.1) is 11.3 Å². The van der Waals surface area contributed by atoms with Crippen molar-refractivity contribution in [2.45, 2.75) is 18.0 Å². The molecule has 5 nitrogen and oxygen atoms in total. The molecule has 2 rings (SSSR count). The van der Waals surface area contributed by atoms with Crippen LogP contribution in [0.3, 0.4) is 0 Å². The van der Waals surface area contributed by atoms with Gasteiger partial charge in [-0.05, 0) is 18.4 Å². The number of rotatable bonds is 4. The largest absolute Gasteiger partial charge is 0.335 e. The summed E-state index contributed by atoms with van der Waals surface area (Å²) >= 11 is 1.54. The molecule has 0 saturated carbocycles. The van der Waals surface area contributed by atoms with E-state index in [1.165, 1.54) is 16.8 Å². The molecule has 0 aliphatic carbocycles. The molecule has 0 spiro atoms. The minimum atomic E-state index is -3.50. The molecule has 0 amide bonds. The van der Waals surface area contributed by atoms with Crippen molar-refractivity contribution in [1.82, 2.24) is 14.3 Å². The lowest BCUT2D eigenvalue weighted by Crippen LogP contribution is -2.29. The van der Waals surface area contributed by atoms with E-state index in [-0.39, 0.29) is 11.1 Å². The number of hydrogen-bond acceptors (Lipinski definition) is 4. The summed E-state index contributed by atoms with van der Waals surface area (Å²) in [7, 11) is -1.93. The molecule has 1 N–H and O–H groups in total. The molecular weight excluding hydrogens is 258 g/mol. The first kappa shape index (κ1) is 12.3. The SMILES string of the molecule is CC(c1cccs1)N(C)S(=O)(=O)c1cnc[nH]1. The molecule has 0 saturated heterocycles. The van der Waals surface area contributed by atoms with Crippen molar-refractivity contribution in [3.05, 3.63) is 34.9 Å². The third-order valence-electron chi connectivity index (χ3n) is 2.63. The molecule has 2 aromatic heterocycles. The minimum absolute atomic E-state index is 0.114. The van der Waals surface area contributed by atoms with E-state index >= 15 is 0 Å². The Morgan fingerprint density at radius 3 is 2.82 bits per heavy atom. The van der Waals surface area contributed by atoms with E-state index in [0.29, 0.717) is 0 Å². The maximum atomic E-state index is 12.2. The Kier molecular flexibility index (Phi) is 3.32. The molecule has 2 heterocycles. The maximum absolute atomic E-state index is 12.2. The summed E-state index contributed by atoms with van der Waals surface area (Å²) in [6.45, 7) is 1.86. The van der Waals surface area contributed by atoms with Crippen molar-refractivity contribution in [2.24, 2.45) is 0 Å². The molecule has 0 aliphatic heterocycles. The van der Waals surface area contributed by atoms with E-state index in [1.54, 1.807) is 18.4 Å². The van der Waals surface area contributed by atoms with Gasteiger partial charge in [0, 0.05) is 11.9 Å². The van der Waals surface area contributed by atoms with Crippen LogP contribution in [0.2, 0.25) is 0 Å². The highest BCUT2D eigenvalue weighted by molar-refractivity contribution is 7.89. The molecule has 7 heteroatoms. The van der Waals surface area contributed by atoms with E-state index in [1.807, 2.05) is 24.4 Å². The predicted molar refractivity (Wildman–Crippen MR) is 66.3 cm³/mol. The molecule has 0 radical (unpaired) electrons. The molecule has 17 heavy (non-hydrogen) atoms. The number of aromatic amines is 1. The minimum Gasteiger partial charge on any atom is -0.335 e. The number of thiophene rings is 1. The number of imidazole rings is 1. The Bertz CT molecular complexity index is 561. The van der Waals surface area contributed by atoms with E-state index in [4.69, 9.17) is 0 Å². The van der Waals surface area contributed by atoms with Crippen LogP contribution in [0.25, 0.3) is 0 Å². The number of H-pyrrole nitrogens is 1. The number of sulfonamides is 1. The molecule has 2 aromatic rings. The van der Waals surface area contributed by atoms with E-state index < -0.39 is 10.0 Å². The van der Waals surface area contributed by atoms with Crippen LogP contribution in [0.4, 0.5) is 0 Å². The highest BCUT2D eigenvalue weighted by atomic mass is 32.2. The van der Waals surface area contributed by atoms with Crippen LogP contribution in [0.1, 0.15) is 17.8 Å². The quantitative estimate of drug-likeness (QED) is 0.923. The van der Waals surface area contributed by atoms with E-state index in [0.717, 1.165) is 4.88 Å². The predicted octanol–water partition coefficient (Wildman–Crippen LogP) is 1.85. The second-order valence-electron chi connectivity index (χ2n) is 3.63. The first-order valence-electron chi connectivity index (χ1n) is 5.03. The first-order valence-corrected chi connectivity index (χ1v) is 7.35. The van der Waals surface area contributed by atoms with Crippen LogP contribution >= 0.6 is 11.3 Å². The van der Waals surface area contributed by atoms with Crippen LogP contribution in [-0.2, 0) is 10.0 Å². The Labute approximate surface area is 104 Å². The summed E-state index contributed by atoms with van der Waals surface area (Å²) in [5.41, 5.74) is 0. The Balaban J connectivity index is 2.29. The van der Waals surface area contributed by atoms with Crippen molar-refractivity contribution in [1.29, 1.82) is 0 Å². The zero-order valence-electron chi connectivity index (χ0n) is 9.49. The van der Waals surface area contributed by atoms with E-state index in [9.17, 15) is 8.42 Å². The lowest BCUT2D eigenvalue weighted by atomic mass is 10.3. The van der Waals surface area contributed by atoms with Gasteiger partial charge in [0.2, 0.25) is 0 Å². The molecule has 0 bridgehead atoms. The Hall–Kier alpha value is -1.18. The van der Waals surface area contributed by atoms with Gasteiger partial charge in [0.15, 0.2) is 5.03 Å². The molecule has 1 unspecified atom stereocenters. The van der Waals surface area contributed by atoms with Crippen LogP contribution in [-0.4, -0.2) is 29.7 Å². The van der Waals surface area contributed by atoms with Crippen molar-refractivity contribution in [3.8, 4) is 0 Å². The fraction of sp³-hybridized carbons (Fsp3) is 0.300. The third kappa shape index (κ3) is 2.26. The Morgan fingerprint density at radius 1 is 1.53 bits per heavy atom. The third-order valence-corrected chi connectivity index (χ3v) is 5.53. The molecule has 1 atom stereocenters. The monoisotopic (exact) mass is 271 g/mol. The van der Waals surface area contributed by atoms with Gasteiger partial charge in [-0.3, -0.25) is 0 Å². The standard InChI is InChI=1S/C10H13N3O2S2/c1-8(9-4-3-5-16-9)13(2)17(14,15)10-6-11-7-12-10/h3-8H,1-2H3,(H,11,12). The summed E-state index contributed by atoms with van der Waals surface area (Å²) in [6, 6.07) is 3.64. The fourth-order valence-electron chi connectivity index (χ4n) is 1.46.